The topological polar surface area (TPSA) is 26.3 Å². The van der Waals surface area contributed by atoms with Crippen LogP contribution < -0.4 is 4.74 Å². The predicted molar refractivity (Wildman–Crippen MR) is 34.5 cm³/mol. The summed E-state index contributed by atoms with van der Waals surface area (Å²) in [5.74, 6) is 0.458. The lowest BCUT2D eigenvalue weighted by Gasteiger charge is -1.90. The summed E-state index contributed by atoms with van der Waals surface area (Å²) in [6, 6.07) is 8.00. The van der Waals surface area contributed by atoms with Gasteiger partial charge in [-0.25, -0.2) is 0 Å². The summed E-state index contributed by atoms with van der Waals surface area (Å²) in [6.45, 7) is 1.20. The van der Waals surface area contributed by atoms with Gasteiger partial charge < -0.3 is 4.74 Å². The molecule has 0 saturated heterocycles. The van der Waals surface area contributed by atoms with E-state index in [0.717, 1.165) is 0 Å². The standard InChI is InChI=1S/C8H4O2/c9-7-5-10-8-4-2-1-3-6(7)8/h1-3,5H. The summed E-state index contributed by atoms with van der Waals surface area (Å²) < 4.78 is 4.88. The maximum Gasteiger partial charge on any atom is 0.211 e. The Labute approximate surface area is 58.4 Å². The van der Waals surface area contributed by atoms with E-state index < -0.39 is 0 Å². The monoisotopic (exact) mass is 132 g/mol. The Morgan fingerprint density at radius 3 is 3.20 bits per heavy atom. The number of para-hydroxylation sites is 1. The Balaban J connectivity index is 2.61. The Hall–Kier alpha value is -1.31. The van der Waals surface area contributed by atoms with Crippen LogP contribution in [0.25, 0.3) is 0 Å². The number of benzene rings is 1. The first-order valence-electron chi connectivity index (χ1n) is 2.93. The maximum absolute atomic E-state index is 10.9. The molecule has 1 aromatic rings. The molecule has 0 N–H and O–H groups in total. The van der Waals surface area contributed by atoms with Gasteiger partial charge in [0, 0.05) is 6.07 Å². The Morgan fingerprint density at radius 1 is 1.50 bits per heavy atom. The molecule has 0 atom stereocenters. The number of ether oxygens (including phenoxy) is 1. The number of hydrogen-bond acceptors (Lipinski definition) is 2. The van der Waals surface area contributed by atoms with Crippen molar-refractivity contribution in [3.8, 4) is 5.75 Å². The van der Waals surface area contributed by atoms with Crippen LogP contribution in [0, 0.1) is 12.7 Å². The van der Waals surface area contributed by atoms with Gasteiger partial charge >= 0.3 is 0 Å². The van der Waals surface area contributed by atoms with Crippen LogP contribution in [0.15, 0.2) is 18.2 Å². The highest BCUT2D eigenvalue weighted by molar-refractivity contribution is 6.06. The Bertz CT molecular complexity index is 278. The van der Waals surface area contributed by atoms with E-state index in [2.05, 4.69) is 6.07 Å². The molecular weight excluding hydrogens is 128 g/mol. The van der Waals surface area contributed by atoms with Crippen molar-refractivity contribution in [1.82, 2.24) is 0 Å². The van der Waals surface area contributed by atoms with E-state index in [1.807, 2.05) is 0 Å². The van der Waals surface area contributed by atoms with Crippen LogP contribution >= 0.6 is 0 Å². The van der Waals surface area contributed by atoms with Crippen LogP contribution in [-0.4, -0.2) is 5.78 Å². The van der Waals surface area contributed by atoms with Gasteiger partial charge in [0.1, 0.15) is 5.75 Å². The fourth-order valence-electron chi connectivity index (χ4n) is 0.889. The molecule has 0 aromatic heterocycles. The van der Waals surface area contributed by atoms with Crippen molar-refractivity contribution in [2.24, 2.45) is 0 Å². The molecule has 0 spiro atoms. The van der Waals surface area contributed by atoms with Crippen LogP contribution in [0.2, 0.25) is 0 Å². The Morgan fingerprint density at radius 2 is 2.40 bits per heavy atom. The van der Waals surface area contributed by atoms with E-state index in [9.17, 15) is 4.79 Å². The highest BCUT2D eigenvalue weighted by atomic mass is 16.5. The lowest BCUT2D eigenvalue weighted by Crippen LogP contribution is -1.90. The molecular formula is C8H4O2. The highest BCUT2D eigenvalue weighted by Crippen LogP contribution is 2.24. The van der Waals surface area contributed by atoms with Crippen LogP contribution in [0.1, 0.15) is 10.4 Å². The van der Waals surface area contributed by atoms with E-state index in [4.69, 9.17) is 4.74 Å². The second-order valence-electron chi connectivity index (χ2n) is 2.01. The van der Waals surface area contributed by atoms with Crippen LogP contribution in [0.5, 0.6) is 5.75 Å². The summed E-state index contributed by atoms with van der Waals surface area (Å²) in [4.78, 5) is 10.9. The largest absolute Gasteiger partial charge is 0.476 e. The maximum atomic E-state index is 10.9. The first-order valence-corrected chi connectivity index (χ1v) is 2.93. The molecule has 2 heteroatoms. The van der Waals surface area contributed by atoms with E-state index >= 15 is 0 Å². The third-order valence-electron chi connectivity index (χ3n) is 1.37. The van der Waals surface area contributed by atoms with E-state index in [-0.39, 0.29) is 5.78 Å². The van der Waals surface area contributed by atoms with Gasteiger partial charge in [-0.05, 0) is 6.07 Å². The molecule has 2 radical (unpaired) electrons. The zero-order chi connectivity index (χ0) is 6.97. The van der Waals surface area contributed by atoms with Crippen molar-refractivity contribution >= 4 is 5.78 Å². The number of rotatable bonds is 0. The van der Waals surface area contributed by atoms with E-state index in [1.54, 1.807) is 18.2 Å². The number of carbonyl (C=O) groups excluding carboxylic acids is 1. The van der Waals surface area contributed by atoms with Gasteiger partial charge in [-0.15, -0.1) is 0 Å². The van der Waals surface area contributed by atoms with Crippen LogP contribution in [0.3, 0.4) is 0 Å². The SMILES string of the molecule is O=C1[CH]Oc2[c]cccc21. The Kier molecular flexibility index (Phi) is 1.01. The second-order valence-corrected chi connectivity index (χ2v) is 2.01. The van der Waals surface area contributed by atoms with E-state index in [0.29, 0.717) is 11.3 Å². The zero-order valence-corrected chi connectivity index (χ0v) is 5.13. The molecule has 1 heterocycles. The fraction of sp³-hybridized carbons (Fsp3) is 0. The summed E-state index contributed by atoms with van der Waals surface area (Å²) in [5.41, 5.74) is 0.600. The first-order chi connectivity index (χ1) is 4.88. The number of ketones is 1. The molecule has 0 bridgehead atoms. The average molecular weight is 132 g/mol. The van der Waals surface area contributed by atoms with Gasteiger partial charge in [-0.2, -0.15) is 0 Å². The third kappa shape index (κ3) is 0.620. The number of fused-ring (bicyclic) bond motifs is 1. The fourth-order valence-corrected chi connectivity index (χ4v) is 0.889. The number of hydrogen-bond donors (Lipinski definition) is 0. The molecule has 10 heavy (non-hydrogen) atoms. The smallest absolute Gasteiger partial charge is 0.211 e. The van der Waals surface area contributed by atoms with Crippen molar-refractivity contribution in [3.05, 3.63) is 36.4 Å². The summed E-state index contributed by atoms with van der Waals surface area (Å²) in [5, 5.41) is 0. The minimum atomic E-state index is -0.0770. The molecule has 0 aliphatic carbocycles. The van der Waals surface area contributed by atoms with E-state index in [1.165, 1.54) is 6.61 Å². The minimum Gasteiger partial charge on any atom is -0.476 e. The zero-order valence-electron chi connectivity index (χ0n) is 5.13. The van der Waals surface area contributed by atoms with Crippen molar-refractivity contribution in [3.63, 3.8) is 0 Å². The average Bonchev–Trinajstić information content (AvgIpc) is 2.34. The number of Topliss-reactive ketones (excluding diaryl/α,β-unsaturated/α-hetero) is 1. The summed E-state index contributed by atoms with van der Waals surface area (Å²) in [6.07, 6.45) is 0. The summed E-state index contributed by atoms with van der Waals surface area (Å²) >= 11 is 0. The van der Waals surface area contributed by atoms with Crippen molar-refractivity contribution < 1.29 is 9.53 Å². The van der Waals surface area contributed by atoms with Crippen LogP contribution in [-0.2, 0) is 0 Å². The third-order valence-corrected chi connectivity index (χ3v) is 1.37. The van der Waals surface area contributed by atoms with Gasteiger partial charge in [0.2, 0.25) is 12.4 Å². The quantitative estimate of drug-likeness (QED) is 0.530. The van der Waals surface area contributed by atoms with Crippen LogP contribution in [0.4, 0.5) is 0 Å². The van der Waals surface area contributed by atoms with Crippen molar-refractivity contribution in [1.29, 1.82) is 0 Å². The van der Waals surface area contributed by atoms with Gasteiger partial charge in [-0.3, -0.25) is 4.79 Å². The van der Waals surface area contributed by atoms with Gasteiger partial charge in [0.25, 0.3) is 0 Å². The van der Waals surface area contributed by atoms with Crippen molar-refractivity contribution in [2.75, 3.05) is 0 Å². The molecule has 1 aliphatic rings. The first kappa shape index (κ1) is 5.47. The van der Waals surface area contributed by atoms with Gasteiger partial charge in [0.05, 0.1) is 5.56 Å². The number of carbonyl (C=O) groups is 1. The van der Waals surface area contributed by atoms with Crippen molar-refractivity contribution in [2.45, 2.75) is 0 Å². The molecule has 1 aliphatic heterocycles. The highest BCUT2D eigenvalue weighted by Gasteiger charge is 2.20. The second kappa shape index (κ2) is 1.84. The predicted octanol–water partition coefficient (Wildman–Crippen LogP) is 1.22. The molecule has 0 unspecified atom stereocenters. The normalized spacial score (nSPS) is 14.6. The molecule has 48 valence electrons. The molecule has 0 saturated carbocycles. The lowest BCUT2D eigenvalue weighted by molar-refractivity contribution is 0.101. The molecule has 2 rings (SSSR count). The lowest BCUT2D eigenvalue weighted by atomic mass is 10.2. The molecule has 2 nitrogen and oxygen atoms in total. The molecule has 0 amide bonds. The van der Waals surface area contributed by atoms with Gasteiger partial charge in [0.15, 0.2) is 0 Å². The van der Waals surface area contributed by atoms with Gasteiger partial charge in [-0.1, -0.05) is 12.1 Å². The molecule has 0 fully saturated rings. The summed E-state index contributed by atoms with van der Waals surface area (Å²) in [7, 11) is 0. The minimum absolute atomic E-state index is 0.0770. The molecule has 1 aromatic carbocycles.